The van der Waals surface area contributed by atoms with Gasteiger partial charge >= 0.3 is 0 Å². The molecule has 3 heterocycles. The lowest BCUT2D eigenvalue weighted by molar-refractivity contribution is 0.262. The lowest BCUT2D eigenvalue weighted by Crippen LogP contribution is -2.43. The van der Waals surface area contributed by atoms with E-state index in [1.807, 2.05) is 30.3 Å². The predicted molar refractivity (Wildman–Crippen MR) is 107 cm³/mol. The molecule has 0 aliphatic heterocycles. The van der Waals surface area contributed by atoms with Crippen LogP contribution in [0.4, 0.5) is 0 Å². The van der Waals surface area contributed by atoms with Gasteiger partial charge < -0.3 is 0 Å². The highest BCUT2D eigenvalue weighted by atomic mass is 32.2. The minimum absolute atomic E-state index is 0.143. The molecule has 1 saturated carbocycles. The summed E-state index contributed by atoms with van der Waals surface area (Å²) < 4.78 is 14.7. The van der Waals surface area contributed by atoms with Gasteiger partial charge in [0.25, 0.3) is 0 Å². The van der Waals surface area contributed by atoms with Gasteiger partial charge in [-0.05, 0) is 43.9 Å². The van der Waals surface area contributed by atoms with Crippen LogP contribution in [0.15, 0.2) is 53.9 Å². The third-order valence-corrected chi connectivity index (χ3v) is 7.26. The molecular formula is C20H20N6OS. The minimum Gasteiger partial charge on any atom is -0.259 e. The van der Waals surface area contributed by atoms with Gasteiger partial charge in [0.2, 0.25) is 0 Å². The Morgan fingerprint density at radius 3 is 2.82 bits per heavy atom. The van der Waals surface area contributed by atoms with E-state index in [1.54, 1.807) is 17.1 Å². The number of nitrogens with zero attached hydrogens (tertiary/aromatic N) is 5. The molecule has 1 aromatic carbocycles. The largest absolute Gasteiger partial charge is 0.259 e. The van der Waals surface area contributed by atoms with Gasteiger partial charge in [0.1, 0.15) is 6.33 Å². The van der Waals surface area contributed by atoms with Crippen LogP contribution < -0.4 is 0 Å². The van der Waals surface area contributed by atoms with E-state index in [-0.39, 0.29) is 4.75 Å². The van der Waals surface area contributed by atoms with E-state index >= 15 is 0 Å². The van der Waals surface area contributed by atoms with Crippen LogP contribution in [0.5, 0.6) is 0 Å². The van der Waals surface area contributed by atoms with Crippen LogP contribution in [0.3, 0.4) is 0 Å². The normalized spacial score (nSPS) is 22.9. The van der Waals surface area contributed by atoms with E-state index in [1.165, 1.54) is 6.33 Å². The fourth-order valence-corrected chi connectivity index (χ4v) is 5.99. The van der Waals surface area contributed by atoms with Crippen LogP contribution in [-0.2, 0) is 10.8 Å². The second kappa shape index (κ2) is 6.34. The van der Waals surface area contributed by atoms with Crippen LogP contribution in [0.1, 0.15) is 26.7 Å². The van der Waals surface area contributed by atoms with Crippen molar-refractivity contribution in [1.82, 2.24) is 29.9 Å². The fraction of sp³-hybridized carbons (Fsp3) is 0.300. The average Bonchev–Trinajstić information content (AvgIpc) is 3.36. The SMILES string of the molecule is CC1CC(C)([S@](=O)c2cnc3c(cnn3-c3cccc(-c4ncn[nH]4)c3)c2)C1. The molecule has 142 valence electrons. The molecule has 4 aromatic rings. The van der Waals surface area contributed by atoms with Crippen LogP contribution >= 0.6 is 0 Å². The molecule has 1 atom stereocenters. The van der Waals surface area contributed by atoms with Gasteiger partial charge in [-0.1, -0.05) is 19.1 Å². The molecular weight excluding hydrogens is 372 g/mol. The average molecular weight is 392 g/mol. The van der Waals surface area contributed by atoms with Crippen molar-refractivity contribution in [2.45, 2.75) is 36.3 Å². The van der Waals surface area contributed by atoms with Gasteiger partial charge in [0.05, 0.1) is 27.6 Å². The predicted octanol–water partition coefficient (Wildman–Crippen LogP) is 3.50. The van der Waals surface area contributed by atoms with Crippen LogP contribution in [-0.4, -0.2) is 38.9 Å². The summed E-state index contributed by atoms with van der Waals surface area (Å²) in [4.78, 5) is 9.57. The highest BCUT2D eigenvalue weighted by molar-refractivity contribution is 7.86. The van der Waals surface area contributed by atoms with Crippen molar-refractivity contribution in [3.63, 3.8) is 0 Å². The molecule has 0 bridgehead atoms. The van der Waals surface area contributed by atoms with Gasteiger partial charge in [0.15, 0.2) is 11.5 Å². The topological polar surface area (TPSA) is 89.3 Å². The van der Waals surface area contributed by atoms with Gasteiger partial charge in [-0.25, -0.2) is 14.6 Å². The number of hydrogen-bond donors (Lipinski definition) is 1. The monoisotopic (exact) mass is 392 g/mol. The number of hydrogen-bond acceptors (Lipinski definition) is 5. The smallest absolute Gasteiger partial charge is 0.162 e. The summed E-state index contributed by atoms with van der Waals surface area (Å²) in [5, 5.41) is 12.2. The number of aromatic nitrogens is 6. The van der Waals surface area contributed by atoms with Crippen molar-refractivity contribution in [3.05, 3.63) is 49.1 Å². The Morgan fingerprint density at radius 1 is 1.21 bits per heavy atom. The highest BCUT2D eigenvalue weighted by Gasteiger charge is 2.43. The lowest BCUT2D eigenvalue weighted by atomic mass is 9.76. The molecule has 0 saturated heterocycles. The van der Waals surface area contributed by atoms with Crippen LogP contribution in [0.2, 0.25) is 0 Å². The van der Waals surface area contributed by atoms with Crippen molar-refractivity contribution in [2.24, 2.45) is 5.92 Å². The summed E-state index contributed by atoms with van der Waals surface area (Å²) in [5.74, 6) is 1.34. The number of aromatic amines is 1. The first-order valence-electron chi connectivity index (χ1n) is 9.25. The van der Waals surface area contributed by atoms with Crippen molar-refractivity contribution in [3.8, 4) is 17.1 Å². The summed E-state index contributed by atoms with van der Waals surface area (Å²) in [6.45, 7) is 4.31. The lowest BCUT2D eigenvalue weighted by Gasteiger charge is -2.42. The Labute approximate surface area is 164 Å². The highest BCUT2D eigenvalue weighted by Crippen LogP contribution is 2.44. The summed E-state index contributed by atoms with van der Waals surface area (Å²) in [7, 11) is -1.06. The molecule has 1 aliphatic carbocycles. The van der Waals surface area contributed by atoms with Crippen LogP contribution in [0.25, 0.3) is 28.1 Å². The minimum atomic E-state index is -1.06. The molecule has 1 aliphatic rings. The summed E-state index contributed by atoms with van der Waals surface area (Å²) in [6, 6.07) is 9.82. The Balaban J connectivity index is 1.51. The maximum absolute atomic E-state index is 13.0. The van der Waals surface area contributed by atoms with Crippen LogP contribution in [0, 0.1) is 5.92 Å². The van der Waals surface area contributed by atoms with Gasteiger partial charge in [0, 0.05) is 21.9 Å². The van der Waals surface area contributed by atoms with E-state index in [2.05, 4.69) is 39.1 Å². The van der Waals surface area contributed by atoms with Gasteiger partial charge in [-0.15, -0.1) is 0 Å². The third-order valence-electron chi connectivity index (χ3n) is 5.38. The second-order valence-electron chi connectivity index (χ2n) is 7.76. The molecule has 28 heavy (non-hydrogen) atoms. The zero-order chi connectivity index (χ0) is 19.3. The molecule has 7 nitrogen and oxygen atoms in total. The second-order valence-corrected chi connectivity index (χ2v) is 9.75. The Bertz CT molecular complexity index is 1180. The van der Waals surface area contributed by atoms with Crippen molar-refractivity contribution < 1.29 is 4.21 Å². The summed E-state index contributed by atoms with van der Waals surface area (Å²) in [5.41, 5.74) is 2.54. The zero-order valence-corrected chi connectivity index (χ0v) is 16.5. The first-order valence-corrected chi connectivity index (χ1v) is 10.4. The van der Waals surface area contributed by atoms with Gasteiger partial charge in [-0.3, -0.25) is 9.31 Å². The number of fused-ring (bicyclic) bond motifs is 1. The Kier molecular flexibility index (Phi) is 3.90. The first-order chi connectivity index (χ1) is 13.5. The van der Waals surface area contributed by atoms with E-state index < -0.39 is 10.8 Å². The molecule has 5 rings (SSSR count). The Morgan fingerprint density at radius 2 is 2.07 bits per heavy atom. The zero-order valence-electron chi connectivity index (χ0n) is 15.7. The van der Waals surface area contributed by atoms with E-state index in [0.717, 1.165) is 40.0 Å². The number of pyridine rings is 1. The maximum atomic E-state index is 13.0. The molecule has 0 unspecified atom stereocenters. The number of benzene rings is 1. The molecule has 0 spiro atoms. The standard InChI is InChI=1S/C20H20N6OS/c1-13-8-20(2,9-13)28(27)17-7-15-10-24-26(19(15)21-11-17)16-5-3-4-14(6-16)18-22-12-23-25-18/h3-7,10-13H,8-9H2,1-2H3,(H,22,23,25)/t13?,20?,28-/m1/s1. The Hall–Kier alpha value is -2.87. The van der Waals surface area contributed by atoms with Crippen molar-refractivity contribution in [1.29, 1.82) is 0 Å². The number of nitrogens with one attached hydrogen (secondary N) is 1. The fourth-order valence-electron chi connectivity index (χ4n) is 4.17. The summed E-state index contributed by atoms with van der Waals surface area (Å²) in [6.07, 6.45) is 6.97. The molecule has 1 N–H and O–H groups in total. The number of H-pyrrole nitrogens is 1. The van der Waals surface area contributed by atoms with Crippen molar-refractivity contribution >= 4 is 21.8 Å². The molecule has 0 amide bonds. The third kappa shape index (κ3) is 2.75. The van der Waals surface area contributed by atoms with E-state index in [4.69, 9.17) is 0 Å². The first kappa shape index (κ1) is 17.2. The molecule has 3 aromatic heterocycles. The van der Waals surface area contributed by atoms with Crippen molar-refractivity contribution in [2.75, 3.05) is 0 Å². The number of rotatable bonds is 4. The van der Waals surface area contributed by atoms with E-state index in [0.29, 0.717) is 11.7 Å². The molecule has 1 fully saturated rings. The summed E-state index contributed by atoms with van der Waals surface area (Å²) >= 11 is 0. The quantitative estimate of drug-likeness (QED) is 0.574. The van der Waals surface area contributed by atoms with Gasteiger partial charge in [-0.2, -0.15) is 10.2 Å². The maximum Gasteiger partial charge on any atom is 0.162 e. The molecule has 0 radical (unpaired) electrons. The molecule has 8 heteroatoms. The van der Waals surface area contributed by atoms with E-state index in [9.17, 15) is 4.21 Å².